The summed E-state index contributed by atoms with van der Waals surface area (Å²) in [5.41, 5.74) is 0. The van der Waals surface area contributed by atoms with Crippen molar-refractivity contribution in [1.29, 1.82) is 0 Å². The Morgan fingerprint density at radius 1 is 1.78 bits per heavy atom. The number of tetrazole rings is 1. The maximum atomic E-state index is 3.83. The van der Waals surface area contributed by atoms with E-state index < -0.39 is 0 Å². The van der Waals surface area contributed by atoms with E-state index in [4.69, 9.17) is 0 Å². The van der Waals surface area contributed by atoms with Gasteiger partial charge in [-0.25, -0.2) is 0 Å². The minimum absolute atomic E-state index is 0.928. The Bertz CT molecular complexity index is 184. The molecule has 0 atom stereocenters. The zero-order valence-corrected chi connectivity index (χ0v) is 6.27. The smallest absolute Gasteiger partial charge is 0.156 e. The SMILES string of the molecule is CCSc1nn[nH][n+]1C. The van der Waals surface area contributed by atoms with Crippen LogP contribution in [0.15, 0.2) is 5.16 Å². The van der Waals surface area contributed by atoms with E-state index >= 15 is 0 Å². The summed E-state index contributed by atoms with van der Waals surface area (Å²) in [6.45, 7) is 2.08. The summed E-state index contributed by atoms with van der Waals surface area (Å²) in [6, 6.07) is 0. The van der Waals surface area contributed by atoms with Gasteiger partial charge < -0.3 is 0 Å². The number of hydrogen-bond acceptors (Lipinski definition) is 3. The lowest BCUT2D eigenvalue weighted by atomic mass is 11.0. The fourth-order valence-electron chi connectivity index (χ4n) is 0.497. The maximum absolute atomic E-state index is 3.83. The van der Waals surface area contributed by atoms with Gasteiger partial charge in [0.2, 0.25) is 0 Å². The monoisotopic (exact) mass is 145 g/mol. The van der Waals surface area contributed by atoms with Gasteiger partial charge in [-0.2, -0.15) is 4.68 Å². The van der Waals surface area contributed by atoms with E-state index in [-0.39, 0.29) is 0 Å². The van der Waals surface area contributed by atoms with Crippen molar-refractivity contribution >= 4 is 11.8 Å². The Morgan fingerprint density at radius 2 is 2.56 bits per heavy atom. The van der Waals surface area contributed by atoms with Gasteiger partial charge in [-0.15, -0.1) is 0 Å². The fraction of sp³-hybridized carbons (Fsp3) is 0.750. The van der Waals surface area contributed by atoms with Crippen LogP contribution >= 0.6 is 11.8 Å². The van der Waals surface area contributed by atoms with E-state index in [1.165, 1.54) is 0 Å². The number of H-pyrrole nitrogens is 1. The predicted molar refractivity (Wildman–Crippen MR) is 34.0 cm³/mol. The highest BCUT2D eigenvalue weighted by Crippen LogP contribution is 2.05. The maximum Gasteiger partial charge on any atom is 0.359 e. The summed E-state index contributed by atoms with van der Waals surface area (Å²) < 4.78 is 1.79. The van der Waals surface area contributed by atoms with Crippen LogP contribution in [-0.2, 0) is 7.05 Å². The molecule has 1 aromatic heterocycles. The van der Waals surface area contributed by atoms with Crippen LogP contribution in [0.4, 0.5) is 0 Å². The number of nitrogens with zero attached hydrogens (tertiary/aromatic N) is 3. The molecule has 0 spiro atoms. The summed E-state index contributed by atoms with van der Waals surface area (Å²) in [5, 5.41) is 11.0. The third-order valence-electron chi connectivity index (χ3n) is 0.891. The van der Waals surface area contributed by atoms with Crippen molar-refractivity contribution in [3.8, 4) is 0 Å². The van der Waals surface area contributed by atoms with Crippen molar-refractivity contribution in [2.75, 3.05) is 5.75 Å². The molecule has 0 saturated carbocycles. The first kappa shape index (κ1) is 6.54. The highest BCUT2D eigenvalue weighted by molar-refractivity contribution is 7.99. The van der Waals surface area contributed by atoms with Crippen LogP contribution in [0.3, 0.4) is 0 Å². The van der Waals surface area contributed by atoms with Gasteiger partial charge in [0, 0.05) is 5.75 Å². The van der Waals surface area contributed by atoms with E-state index in [2.05, 4.69) is 22.4 Å². The van der Waals surface area contributed by atoms with E-state index in [1.54, 1.807) is 16.4 Å². The molecule has 4 nitrogen and oxygen atoms in total. The summed E-state index contributed by atoms with van der Waals surface area (Å²) in [6.07, 6.45) is 0. The van der Waals surface area contributed by atoms with Gasteiger partial charge in [-0.05, 0) is 11.8 Å². The van der Waals surface area contributed by atoms with Crippen LogP contribution in [0, 0.1) is 0 Å². The molecular weight excluding hydrogens is 136 g/mol. The largest absolute Gasteiger partial charge is 0.359 e. The number of nitrogens with one attached hydrogen (secondary N) is 1. The summed E-state index contributed by atoms with van der Waals surface area (Å²) >= 11 is 1.67. The molecule has 0 radical (unpaired) electrons. The normalized spacial score (nSPS) is 10.0. The number of aromatic amines is 1. The molecule has 0 aromatic carbocycles. The minimum Gasteiger partial charge on any atom is -0.156 e. The summed E-state index contributed by atoms with van der Waals surface area (Å²) in [5.74, 6) is 1.03. The standard InChI is InChI=1S/C4H8N4S/c1-3-9-4-5-6-7-8(4)2/h3H2,1-2H3/p+1. The average Bonchev–Trinajstić information content (AvgIpc) is 2.18. The lowest BCUT2D eigenvalue weighted by molar-refractivity contribution is -0.765. The Morgan fingerprint density at radius 3 is 3.00 bits per heavy atom. The molecule has 0 aliphatic carbocycles. The molecular formula is C4H9N4S+. The molecule has 0 aliphatic heterocycles. The highest BCUT2D eigenvalue weighted by atomic mass is 32.2. The number of rotatable bonds is 2. The fourth-order valence-corrected chi connectivity index (χ4v) is 1.09. The van der Waals surface area contributed by atoms with E-state index in [0.29, 0.717) is 0 Å². The molecule has 1 heterocycles. The molecule has 1 rings (SSSR count). The second-order valence-electron chi connectivity index (χ2n) is 1.57. The van der Waals surface area contributed by atoms with Gasteiger partial charge in [0.05, 0.1) is 7.05 Å². The molecule has 0 aliphatic rings. The first-order valence-corrected chi connectivity index (χ1v) is 3.73. The van der Waals surface area contributed by atoms with Crippen molar-refractivity contribution in [3.63, 3.8) is 0 Å². The predicted octanol–water partition coefficient (Wildman–Crippen LogP) is -0.259. The van der Waals surface area contributed by atoms with Gasteiger partial charge in [-0.1, -0.05) is 12.1 Å². The number of thioether (sulfide) groups is 1. The molecule has 0 bridgehead atoms. The molecule has 9 heavy (non-hydrogen) atoms. The van der Waals surface area contributed by atoms with Crippen molar-refractivity contribution in [3.05, 3.63) is 0 Å². The number of aryl methyl sites for hydroxylation is 1. The van der Waals surface area contributed by atoms with Crippen LogP contribution in [-0.4, -0.2) is 21.3 Å². The highest BCUT2D eigenvalue weighted by Gasteiger charge is 2.08. The summed E-state index contributed by atoms with van der Waals surface area (Å²) in [7, 11) is 1.89. The average molecular weight is 145 g/mol. The van der Waals surface area contributed by atoms with Crippen molar-refractivity contribution in [1.82, 2.24) is 15.5 Å². The van der Waals surface area contributed by atoms with Crippen LogP contribution in [0.25, 0.3) is 0 Å². The summed E-state index contributed by atoms with van der Waals surface area (Å²) in [4.78, 5) is 0. The molecule has 0 saturated heterocycles. The number of hydrogen-bond donors (Lipinski definition) is 1. The van der Waals surface area contributed by atoms with Crippen LogP contribution in [0.1, 0.15) is 6.92 Å². The van der Waals surface area contributed by atoms with Crippen molar-refractivity contribution < 1.29 is 4.68 Å². The van der Waals surface area contributed by atoms with Gasteiger partial charge in [0.1, 0.15) is 5.10 Å². The van der Waals surface area contributed by atoms with Gasteiger partial charge in [0.25, 0.3) is 0 Å². The van der Waals surface area contributed by atoms with Crippen molar-refractivity contribution in [2.24, 2.45) is 7.05 Å². The van der Waals surface area contributed by atoms with Crippen molar-refractivity contribution in [2.45, 2.75) is 12.1 Å². The van der Waals surface area contributed by atoms with Crippen LogP contribution in [0.2, 0.25) is 0 Å². The molecule has 50 valence electrons. The first-order valence-electron chi connectivity index (χ1n) is 2.74. The zero-order valence-electron chi connectivity index (χ0n) is 5.46. The van der Waals surface area contributed by atoms with Crippen LogP contribution < -0.4 is 4.68 Å². The van der Waals surface area contributed by atoms with Gasteiger partial charge >= 0.3 is 5.16 Å². The molecule has 5 heteroatoms. The van der Waals surface area contributed by atoms with Gasteiger partial charge in [0.15, 0.2) is 5.21 Å². The Hall–Kier alpha value is -0.580. The van der Waals surface area contributed by atoms with E-state index in [1.807, 2.05) is 7.05 Å². The minimum atomic E-state index is 0.928. The molecule has 1 N–H and O–H groups in total. The molecule has 1 aromatic rings. The molecule has 0 amide bonds. The Kier molecular flexibility index (Phi) is 2.05. The quantitative estimate of drug-likeness (QED) is 0.460. The number of aromatic nitrogens is 4. The Balaban J connectivity index is 2.69. The van der Waals surface area contributed by atoms with Gasteiger partial charge in [-0.3, -0.25) is 0 Å². The Labute approximate surface area is 57.6 Å². The molecule has 0 fully saturated rings. The first-order chi connectivity index (χ1) is 4.34. The lowest BCUT2D eigenvalue weighted by Crippen LogP contribution is -2.32. The van der Waals surface area contributed by atoms with E-state index in [0.717, 1.165) is 10.9 Å². The lowest BCUT2D eigenvalue weighted by Gasteiger charge is -1.83. The third kappa shape index (κ3) is 1.41. The second kappa shape index (κ2) is 2.82. The van der Waals surface area contributed by atoms with E-state index in [9.17, 15) is 0 Å². The van der Waals surface area contributed by atoms with Crippen LogP contribution in [0.5, 0.6) is 0 Å². The second-order valence-corrected chi connectivity index (χ2v) is 2.81. The molecule has 0 unspecified atom stereocenters. The topological polar surface area (TPSA) is 45.5 Å². The third-order valence-corrected chi connectivity index (χ3v) is 1.79. The zero-order chi connectivity index (χ0) is 6.69.